The van der Waals surface area contributed by atoms with Crippen LogP contribution in [0.2, 0.25) is 0 Å². The van der Waals surface area contributed by atoms with Crippen molar-refractivity contribution in [3.63, 3.8) is 0 Å². The quantitative estimate of drug-likeness (QED) is 0.0701. The summed E-state index contributed by atoms with van der Waals surface area (Å²) in [6.07, 6.45) is 3.62. The number of hydrogen-bond acceptors (Lipinski definition) is 6. The lowest BCUT2D eigenvalue weighted by Gasteiger charge is -3.00. The second-order valence-corrected chi connectivity index (χ2v) is 20.0. The summed E-state index contributed by atoms with van der Waals surface area (Å²) in [5.74, 6) is -0.220. The zero-order valence-corrected chi connectivity index (χ0v) is 38.5. The highest BCUT2D eigenvalue weighted by atomic mass is 31.0. The van der Waals surface area contributed by atoms with Crippen LogP contribution in [0.5, 0.6) is 0 Å². The molecule has 0 spiro atoms. The van der Waals surface area contributed by atoms with Gasteiger partial charge in [0.15, 0.2) is 0 Å². The summed E-state index contributed by atoms with van der Waals surface area (Å²) in [6, 6.07) is 0. The average molecular weight is 728 g/mol. The molecule has 0 aliphatic carbocycles. The van der Waals surface area contributed by atoms with E-state index in [2.05, 4.69) is 90.0 Å². The maximum Gasteiger partial charge on any atom is 0.334 e. The smallest absolute Gasteiger partial charge is 0.334 e. The van der Waals surface area contributed by atoms with Gasteiger partial charge in [0.05, 0.1) is 50.0 Å². The van der Waals surface area contributed by atoms with Crippen molar-refractivity contribution >= 4 is 15.9 Å². The Hall–Kier alpha value is -1.20. The lowest BCUT2D eigenvalue weighted by atomic mass is 9.74. The molecule has 0 amide bonds. The van der Waals surface area contributed by atoms with Gasteiger partial charge in [-0.15, -0.1) is 0 Å². The van der Waals surface area contributed by atoms with E-state index in [-0.39, 0.29) is 27.1 Å². The number of allylic oxidation sites excluding steroid dienone is 3. The van der Waals surface area contributed by atoms with Crippen molar-refractivity contribution in [1.29, 1.82) is 0 Å². The Morgan fingerprint density at radius 1 is 0.720 bits per heavy atom. The first-order chi connectivity index (χ1) is 21.5. The summed E-state index contributed by atoms with van der Waals surface area (Å²) in [5.41, 5.74) is 6.46. The van der Waals surface area contributed by atoms with Crippen molar-refractivity contribution in [2.24, 2.45) is 16.2 Å². The van der Waals surface area contributed by atoms with Crippen LogP contribution in [0.15, 0.2) is 34.1 Å². The maximum absolute atomic E-state index is 11.3. The van der Waals surface area contributed by atoms with Crippen LogP contribution in [0.4, 0.5) is 0 Å². The Morgan fingerprint density at radius 3 is 1.32 bits per heavy atom. The summed E-state index contributed by atoms with van der Waals surface area (Å²) < 4.78 is 26.3. The Labute approximate surface area is 315 Å². The van der Waals surface area contributed by atoms with Gasteiger partial charge in [-0.05, 0) is 146 Å². The van der Waals surface area contributed by atoms with Gasteiger partial charge in [-0.25, -0.2) is 4.79 Å². The molecule has 0 saturated carbocycles. The number of epoxide rings is 1. The van der Waals surface area contributed by atoms with Crippen LogP contribution >= 0.6 is 9.90 Å². The minimum atomic E-state index is -0.395. The first kappa shape index (κ1) is 55.6. The molecular weight excluding hydrogens is 643 g/mol. The van der Waals surface area contributed by atoms with E-state index in [0.717, 1.165) is 32.0 Å². The van der Waals surface area contributed by atoms with E-state index in [1.807, 2.05) is 69.2 Å². The van der Waals surface area contributed by atoms with E-state index >= 15 is 0 Å². The fourth-order valence-electron chi connectivity index (χ4n) is 3.70. The van der Waals surface area contributed by atoms with Crippen LogP contribution in [-0.4, -0.2) is 55.3 Å². The van der Waals surface area contributed by atoms with Crippen molar-refractivity contribution in [2.75, 3.05) is 26.4 Å². The summed E-state index contributed by atoms with van der Waals surface area (Å²) in [7, 11) is 0. The molecule has 2 heterocycles. The topological polar surface area (TPSA) is 66.5 Å². The molecule has 6 nitrogen and oxygen atoms in total. The predicted octanol–water partition coefficient (Wildman–Crippen LogP) is 13.3. The molecule has 50 heavy (non-hydrogen) atoms. The zero-order chi connectivity index (χ0) is 39.8. The van der Waals surface area contributed by atoms with Crippen LogP contribution in [0, 0.1) is 16.2 Å². The predicted molar refractivity (Wildman–Crippen MR) is 219 cm³/mol. The summed E-state index contributed by atoms with van der Waals surface area (Å²) in [5, 5.41) is 0. The molecule has 2 rings (SSSR count). The van der Waals surface area contributed by atoms with Gasteiger partial charge < -0.3 is 33.6 Å². The lowest BCUT2D eigenvalue weighted by Crippen LogP contribution is -2.42. The summed E-state index contributed by atoms with van der Waals surface area (Å²) in [4.78, 5) is 11.3. The minimum absolute atomic E-state index is 0. The fraction of sp³-hybridized carbons (Fsp3) is 0.837. The third kappa shape index (κ3) is 38.0. The first-order valence-corrected chi connectivity index (χ1v) is 18.2. The van der Waals surface area contributed by atoms with Crippen LogP contribution in [0.25, 0.3) is 0 Å². The third-order valence-corrected chi connectivity index (χ3v) is 6.84. The van der Waals surface area contributed by atoms with Crippen LogP contribution < -0.4 is 0 Å². The van der Waals surface area contributed by atoms with E-state index in [1.165, 1.54) is 23.1 Å². The lowest BCUT2D eigenvalue weighted by molar-refractivity contribution is -0.149. The van der Waals surface area contributed by atoms with Crippen molar-refractivity contribution < 1.29 is 28.5 Å². The number of carbonyl (C=O) groups excluding carboxylic acids is 1. The summed E-state index contributed by atoms with van der Waals surface area (Å²) >= 11 is 0. The van der Waals surface area contributed by atoms with E-state index in [4.69, 9.17) is 23.7 Å². The molecule has 0 N–H and O–H groups in total. The average Bonchev–Trinajstić information content (AvgIpc) is 3.69. The van der Waals surface area contributed by atoms with Gasteiger partial charge in [0.1, 0.15) is 5.60 Å². The maximum atomic E-state index is 11.3. The normalized spacial score (nSPS) is 16.1. The monoisotopic (exact) mass is 728 g/mol. The Kier molecular flexibility index (Phi) is 26.1. The molecule has 0 aromatic carbocycles. The molecule has 1 atom stereocenters. The van der Waals surface area contributed by atoms with Gasteiger partial charge in [0.2, 0.25) is 0 Å². The molecule has 0 aromatic heterocycles. The van der Waals surface area contributed by atoms with E-state index < -0.39 is 5.60 Å². The fourth-order valence-corrected chi connectivity index (χ4v) is 3.70. The number of esters is 1. The first-order valence-electron chi connectivity index (χ1n) is 18.2. The molecule has 1 unspecified atom stereocenters. The molecule has 2 aliphatic rings. The number of hydrogen-bond donors (Lipinski definition) is 0. The highest BCUT2D eigenvalue weighted by Crippen LogP contribution is 2.38. The standard InChI is InChI=1S/C10H18O2.C10H20O.C9H18O.C8H16O.C6H12O.P/c1-7(2)8(3)9(11)12-10(4,5)6;1-8(2)9(3)7-11-10(4,5)6;1-8(2,3)5-9(4)6-10-7-9;1-7(2)6-9-8(3,4)5;1-6(2,3)5-4-7-5;/h1-6H3;7H2,1-6H3;5-7H2,1-4H3;6H,1-5H3;5H,4H2,1-3H3;/q;;;;;-3. The van der Waals surface area contributed by atoms with Crippen molar-refractivity contribution in [1.82, 2.24) is 0 Å². The van der Waals surface area contributed by atoms with Gasteiger partial charge in [-0.3, -0.25) is 0 Å². The van der Waals surface area contributed by atoms with E-state index in [0.29, 0.717) is 27.9 Å². The number of ether oxygens (including phenoxy) is 5. The number of rotatable bonds is 5. The van der Waals surface area contributed by atoms with Crippen molar-refractivity contribution in [3.05, 3.63) is 34.1 Å². The second kappa shape index (κ2) is 23.5. The molecule has 2 aliphatic heterocycles. The molecule has 300 valence electrons. The third-order valence-electron chi connectivity index (χ3n) is 6.84. The van der Waals surface area contributed by atoms with Crippen LogP contribution in [0.3, 0.4) is 0 Å². The zero-order valence-electron chi connectivity index (χ0n) is 37.6. The Bertz CT molecular complexity index is 1030. The summed E-state index contributed by atoms with van der Waals surface area (Å²) in [6.45, 7) is 53.3. The van der Waals surface area contributed by atoms with Crippen LogP contribution in [-0.2, 0) is 28.5 Å². The highest BCUT2D eigenvalue weighted by Gasteiger charge is 2.37. The Morgan fingerprint density at radius 2 is 1.16 bits per heavy atom. The van der Waals surface area contributed by atoms with Gasteiger partial charge in [0, 0.05) is 11.0 Å². The van der Waals surface area contributed by atoms with Gasteiger partial charge in [0.25, 0.3) is 0 Å². The molecule has 0 aromatic rings. The largest absolute Gasteiger partial charge is 3.00 e. The van der Waals surface area contributed by atoms with Gasteiger partial charge in [-0.2, -0.15) is 0 Å². The molecule has 0 bridgehead atoms. The molecule has 2 fully saturated rings. The van der Waals surface area contributed by atoms with Gasteiger partial charge in [-0.1, -0.05) is 59.6 Å². The minimum Gasteiger partial charge on any atom is -3.00 e. The second-order valence-electron chi connectivity index (χ2n) is 20.0. The van der Waals surface area contributed by atoms with E-state index in [9.17, 15) is 4.79 Å². The van der Waals surface area contributed by atoms with Gasteiger partial charge >= 0.3 is 5.97 Å². The Balaban J connectivity index is -0.000000265. The molecule has 0 radical (unpaired) electrons. The van der Waals surface area contributed by atoms with Crippen molar-refractivity contribution in [2.45, 2.75) is 195 Å². The molecule has 2 saturated heterocycles. The van der Waals surface area contributed by atoms with Crippen molar-refractivity contribution in [3.8, 4) is 0 Å². The van der Waals surface area contributed by atoms with Crippen LogP contribution in [0.1, 0.15) is 173 Å². The molecular formula is C43H84O6P-3. The SMILES string of the molecule is CC(C)(C)C1CO1.CC(C)(C)CC1(C)COC1.CC(C)=C(C)C(=O)OC(C)(C)C.CC(C)=C(C)COC(C)(C)C.CC(C)=COC(C)(C)C.[P-3]. The van der Waals surface area contributed by atoms with E-state index in [1.54, 1.807) is 13.2 Å². The number of carbonyl (C=O) groups is 1. The highest BCUT2D eigenvalue weighted by molar-refractivity contribution is 6.92. The molecule has 7 heteroatoms.